The van der Waals surface area contributed by atoms with Crippen molar-refractivity contribution < 1.29 is 14.2 Å². The van der Waals surface area contributed by atoms with Crippen molar-refractivity contribution in [3.05, 3.63) is 88.4 Å². The smallest absolute Gasteiger partial charge is 0.161 e. The van der Waals surface area contributed by atoms with Crippen LogP contribution in [0.25, 0.3) is 0 Å². The molecule has 3 aromatic rings. The van der Waals surface area contributed by atoms with Gasteiger partial charge in [-0.25, -0.2) is 0 Å². The zero-order valence-corrected chi connectivity index (χ0v) is 18.2. The molecule has 0 unspecified atom stereocenters. The Labute approximate surface area is 183 Å². The second kappa shape index (κ2) is 11.5. The predicted octanol–water partition coefficient (Wildman–Crippen LogP) is 5.66. The van der Waals surface area contributed by atoms with E-state index < -0.39 is 0 Å². The highest BCUT2D eigenvalue weighted by Crippen LogP contribution is 2.29. The Morgan fingerprint density at radius 3 is 2.37 bits per heavy atom. The third-order valence-corrected chi connectivity index (χ3v) is 4.91. The van der Waals surface area contributed by atoms with E-state index in [1.54, 1.807) is 7.11 Å². The van der Waals surface area contributed by atoms with Gasteiger partial charge in [0.05, 0.1) is 13.7 Å². The lowest BCUT2D eigenvalue weighted by Crippen LogP contribution is -2.16. The van der Waals surface area contributed by atoms with E-state index >= 15 is 0 Å². The van der Waals surface area contributed by atoms with Crippen LogP contribution in [0.2, 0.25) is 5.02 Å². The highest BCUT2D eigenvalue weighted by molar-refractivity contribution is 6.30. The average Bonchev–Trinajstić information content (AvgIpc) is 2.77. The Bertz CT molecular complexity index is 928. The van der Waals surface area contributed by atoms with E-state index in [2.05, 4.69) is 23.5 Å². The standard InChI is InChI=1S/C25H28ClNO3/c1-3-29-25-16-20(17-27-14-13-19-7-10-23(28-2)11-8-19)9-12-24(25)30-18-21-5-4-6-22(26)15-21/h4-12,15-16,27H,3,13-14,17-18H2,1-2H3. The lowest BCUT2D eigenvalue weighted by atomic mass is 10.1. The summed E-state index contributed by atoms with van der Waals surface area (Å²) >= 11 is 6.05. The monoisotopic (exact) mass is 425 g/mol. The molecule has 3 aromatic carbocycles. The number of halogens is 1. The molecule has 0 amide bonds. The zero-order chi connectivity index (χ0) is 21.2. The number of benzene rings is 3. The molecule has 0 saturated carbocycles. The Morgan fingerprint density at radius 2 is 1.63 bits per heavy atom. The van der Waals surface area contributed by atoms with Crippen molar-refractivity contribution in [2.75, 3.05) is 20.3 Å². The molecule has 0 saturated heterocycles. The van der Waals surface area contributed by atoms with E-state index in [0.717, 1.165) is 47.9 Å². The highest BCUT2D eigenvalue weighted by Gasteiger charge is 2.07. The van der Waals surface area contributed by atoms with Crippen LogP contribution in [0.5, 0.6) is 17.2 Å². The molecule has 0 spiro atoms. The first-order valence-corrected chi connectivity index (χ1v) is 10.5. The molecule has 4 nitrogen and oxygen atoms in total. The van der Waals surface area contributed by atoms with Crippen LogP contribution in [-0.2, 0) is 19.6 Å². The van der Waals surface area contributed by atoms with Gasteiger partial charge in [-0.15, -0.1) is 0 Å². The maximum atomic E-state index is 6.05. The lowest BCUT2D eigenvalue weighted by Gasteiger charge is -2.14. The normalized spacial score (nSPS) is 10.6. The van der Waals surface area contributed by atoms with Gasteiger partial charge in [0.2, 0.25) is 0 Å². The summed E-state index contributed by atoms with van der Waals surface area (Å²) in [7, 11) is 1.68. The van der Waals surface area contributed by atoms with Crippen LogP contribution in [0.1, 0.15) is 23.6 Å². The van der Waals surface area contributed by atoms with Crippen molar-refractivity contribution in [1.29, 1.82) is 0 Å². The zero-order valence-electron chi connectivity index (χ0n) is 17.5. The number of methoxy groups -OCH3 is 1. The number of hydrogen-bond donors (Lipinski definition) is 1. The Balaban J connectivity index is 1.53. The average molecular weight is 426 g/mol. The summed E-state index contributed by atoms with van der Waals surface area (Å²) in [6.07, 6.45) is 0.961. The van der Waals surface area contributed by atoms with Gasteiger partial charge in [-0.1, -0.05) is 41.9 Å². The molecule has 0 aliphatic heterocycles. The van der Waals surface area contributed by atoms with Crippen molar-refractivity contribution in [3.8, 4) is 17.2 Å². The summed E-state index contributed by atoms with van der Waals surface area (Å²) in [6, 6.07) is 21.9. The summed E-state index contributed by atoms with van der Waals surface area (Å²) in [4.78, 5) is 0. The molecule has 0 radical (unpaired) electrons. The van der Waals surface area contributed by atoms with Gasteiger partial charge in [0, 0.05) is 11.6 Å². The van der Waals surface area contributed by atoms with Crippen LogP contribution in [0, 0.1) is 0 Å². The van der Waals surface area contributed by atoms with Crippen molar-refractivity contribution in [3.63, 3.8) is 0 Å². The lowest BCUT2D eigenvalue weighted by molar-refractivity contribution is 0.269. The first-order chi connectivity index (χ1) is 14.7. The fraction of sp³-hybridized carbons (Fsp3) is 0.280. The van der Waals surface area contributed by atoms with E-state index in [1.807, 2.05) is 55.5 Å². The molecule has 5 heteroatoms. The molecule has 30 heavy (non-hydrogen) atoms. The topological polar surface area (TPSA) is 39.7 Å². The minimum Gasteiger partial charge on any atom is -0.497 e. The highest BCUT2D eigenvalue weighted by atomic mass is 35.5. The van der Waals surface area contributed by atoms with Crippen molar-refractivity contribution in [2.45, 2.75) is 26.5 Å². The van der Waals surface area contributed by atoms with Gasteiger partial charge in [-0.3, -0.25) is 0 Å². The largest absolute Gasteiger partial charge is 0.497 e. The van der Waals surface area contributed by atoms with Crippen LogP contribution in [-0.4, -0.2) is 20.3 Å². The molecule has 0 aliphatic rings. The maximum Gasteiger partial charge on any atom is 0.161 e. The van der Waals surface area contributed by atoms with E-state index in [-0.39, 0.29) is 0 Å². The Kier molecular flexibility index (Phi) is 8.42. The number of hydrogen-bond acceptors (Lipinski definition) is 4. The Hall–Kier alpha value is -2.69. The fourth-order valence-corrected chi connectivity index (χ4v) is 3.31. The van der Waals surface area contributed by atoms with Crippen LogP contribution < -0.4 is 19.5 Å². The van der Waals surface area contributed by atoms with Crippen LogP contribution in [0.15, 0.2) is 66.7 Å². The van der Waals surface area contributed by atoms with Gasteiger partial charge in [0.1, 0.15) is 12.4 Å². The minimum atomic E-state index is 0.445. The second-order valence-corrected chi connectivity index (χ2v) is 7.34. The van der Waals surface area contributed by atoms with E-state index in [1.165, 1.54) is 5.56 Å². The minimum absolute atomic E-state index is 0.445. The van der Waals surface area contributed by atoms with Crippen molar-refractivity contribution in [1.82, 2.24) is 5.32 Å². The van der Waals surface area contributed by atoms with E-state index in [0.29, 0.717) is 18.2 Å². The summed E-state index contributed by atoms with van der Waals surface area (Å²) in [5.41, 5.74) is 3.46. The van der Waals surface area contributed by atoms with Gasteiger partial charge in [-0.05, 0) is 73.0 Å². The summed E-state index contributed by atoms with van der Waals surface area (Å²) in [5.74, 6) is 2.38. The summed E-state index contributed by atoms with van der Waals surface area (Å²) < 4.78 is 17.0. The molecule has 0 aliphatic carbocycles. The molecule has 0 fully saturated rings. The number of rotatable bonds is 11. The van der Waals surface area contributed by atoms with Crippen LogP contribution in [0.3, 0.4) is 0 Å². The molecule has 0 heterocycles. The third-order valence-electron chi connectivity index (χ3n) is 4.67. The molecule has 158 valence electrons. The van der Waals surface area contributed by atoms with Crippen LogP contribution >= 0.6 is 11.6 Å². The molecule has 3 rings (SSSR count). The second-order valence-electron chi connectivity index (χ2n) is 6.91. The van der Waals surface area contributed by atoms with Crippen molar-refractivity contribution >= 4 is 11.6 Å². The van der Waals surface area contributed by atoms with Gasteiger partial charge in [0.25, 0.3) is 0 Å². The summed E-state index contributed by atoms with van der Waals surface area (Å²) in [5, 5.41) is 4.20. The van der Waals surface area contributed by atoms with Gasteiger partial charge < -0.3 is 19.5 Å². The molecule has 1 N–H and O–H groups in total. The first-order valence-electron chi connectivity index (χ1n) is 10.1. The SMILES string of the molecule is CCOc1cc(CNCCc2ccc(OC)cc2)ccc1OCc1cccc(Cl)c1. The first kappa shape index (κ1) is 22.0. The molecular weight excluding hydrogens is 398 g/mol. The summed E-state index contributed by atoms with van der Waals surface area (Å²) in [6.45, 7) is 4.66. The van der Waals surface area contributed by atoms with Crippen LogP contribution in [0.4, 0.5) is 0 Å². The Morgan fingerprint density at radius 1 is 0.833 bits per heavy atom. The molecule has 0 bridgehead atoms. The fourth-order valence-electron chi connectivity index (χ4n) is 3.10. The molecular formula is C25H28ClNO3. The molecule has 0 atom stereocenters. The number of nitrogens with one attached hydrogen (secondary N) is 1. The number of ether oxygens (including phenoxy) is 3. The quantitative estimate of drug-likeness (QED) is 0.402. The van der Waals surface area contributed by atoms with E-state index in [4.69, 9.17) is 25.8 Å². The predicted molar refractivity (Wildman–Crippen MR) is 122 cm³/mol. The van der Waals surface area contributed by atoms with Gasteiger partial charge in [-0.2, -0.15) is 0 Å². The van der Waals surface area contributed by atoms with Gasteiger partial charge in [0.15, 0.2) is 11.5 Å². The van der Waals surface area contributed by atoms with E-state index in [9.17, 15) is 0 Å². The maximum absolute atomic E-state index is 6.05. The third kappa shape index (κ3) is 6.68. The van der Waals surface area contributed by atoms with Gasteiger partial charge >= 0.3 is 0 Å². The van der Waals surface area contributed by atoms with Crippen molar-refractivity contribution in [2.24, 2.45) is 0 Å². The molecule has 0 aromatic heterocycles.